The summed E-state index contributed by atoms with van der Waals surface area (Å²) in [4.78, 5) is 20.4. The van der Waals surface area contributed by atoms with Crippen molar-refractivity contribution in [3.63, 3.8) is 0 Å². The molecule has 0 radical (unpaired) electrons. The van der Waals surface area contributed by atoms with Crippen molar-refractivity contribution in [1.29, 1.82) is 0 Å². The van der Waals surface area contributed by atoms with Gasteiger partial charge in [0.15, 0.2) is 0 Å². The number of carbonyl (C=O) groups is 1. The highest BCUT2D eigenvalue weighted by Gasteiger charge is 2.33. The molecule has 0 aliphatic heterocycles. The van der Waals surface area contributed by atoms with E-state index in [1.807, 2.05) is 24.5 Å². The van der Waals surface area contributed by atoms with Crippen LogP contribution < -0.4 is 15.4 Å². The fourth-order valence-electron chi connectivity index (χ4n) is 2.87. The van der Waals surface area contributed by atoms with Gasteiger partial charge in [-0.15, -0.1) is 0 Å². The van der Waals surface area contributed by atoms with Gasteiger partial charge in [0.2, 0.25) is 5.88 Å². The Kier molecular flexibility index (Phi) is 5.75. The van der Waals surface area contributed by atoms with Crippen molar-refractivity contribution >= 4 is 17.4 Å². The Morgan fingerprint density at radius 2 is 1.62 bits per heavy atom. The molecule has 10 heteroatoms. The zero-order valence-corrected chi connectivity index (χ0v) is 16.4. The molecule has 32 heavy (non-hydrogen) atoms. The van der Waals surface area contributed by atoms with E-state index in [9.17, 15) is 18.0 Å². The number of ether oxygens (including phenoxy) is 1. The van der Waals surface area contributed by atoms with Crippen LogP contribution in [0.4, 0.5) is 29.3 Å². The zero-order chi connectivity index (χ0) is 22.6. The van der Waals surface area contributed by atoms with E-state index in [1.54, 1.807) is 34.9 Å². The minimum absolute atomic E-state index is 0.325. The van der Waals surface area contributed by atoms with Crippen molar-refractivity contribution in [1.82, 2.24) is 14.5 Å². The number of nitrogens with zero attached hydrogens (tertiary/aromatic N) is 3. The van der Waals surface area contributed by atoms with E-state index in [0.717, 1.165) is 6.07 Å². The van der Waals surface area contributed by atoms with Gasteiger partial charge in [0.1, 0.15) is 17.9 Å². The summed E-state index contributed by atoms with van der Waals surface area (Å²) in [7, 11) is 0. The first-order chi connectivity index (χ1) is 15.4. The SMILES string of the molecule is O=C(Nc1ccc(Oc2cc(-n3cccc3)ncn2)cc1)Nc1ccccc1C(F)(F)F. The lowest BCUT2D eigenvalue weighted by Gasteiger charge is -2.14. The number of hydrogen-bond acceptors (Lipinski definition) is 4. The third-order valence-corrected chi connectivity index (χ3v) is 4.31. The van der Waals surface area contributed by atoms with Gasteiger partial charge in [-0.25, -0.2) is 14.8 Å². The molecule has 2 N–H and O–H groups in total. The number of aromatic nitrogens is 3. The van der Waals surface area contributed by atoms with Gasteiger partial charge >= 0.3 is 12.2 Å². The van der Waals surface area contributed by atoms with Crippen molar-refractivity contribution < 1.29 is 22.7 Å². The van der Waals surface area contributed by atoms with Gasteiger partial charge in [0.05, 0.1) is 11.3 Å². The minimum atomic E-state index is -4.58. The molecule has 162 valence electrons. The van der Waals surface area contributed by atoms with Crippen molar-refractivity contribution in [2.24, 2.45) is 0 Å². The van der Waals surface area contributed by atoms with Crippen molar-refractivity contribution in [2.45, 2.75) is 6.18 Å². The van der Waals surface area contributed by atoms with Crippen LogP contribution in [0.5, 0.6) is 11.6 Å². The van der Waals surface area contributed by atoms with Crippen LogP contribution in [0.2, 0.25) is 0 Å². The number of nitrogens with one attached hydrogen (secondary N) is 2. The summed E-state index contributed by atoms with van der Waals surface area (Å²) in [6.45, 7) is 0. The average Bonchev–Trinajstić information content (AvgIpc) is 3.30. The van der Waals surface area contributed by atoms with Crippen LogP contribution in [0.3, 0.4) is 0 Å². The van der Waals surface area contributed by atoms with Crippen LogP contribution in [-0.2, 0) is 6.18 Å². The molecule has 0 bridgehead atoms. The molecule has 0 atom stereocenters. The van der Waals surface area contributed by atoms with Crippen LogP contribution in [-0.4, -0.2) is 20.6 Å². The molecular weight excluding hydrogens is 423 g/mol. The van der Waals surface area contributed by atoms with E-state index in [2.05, 4.69) is 20.6 Å². The van der Waals surface area contributed by atoms with Gasteiger partial charge in [0.25, 0.3) is 0 Å². The van der Waals surface area contributed by atoms with Crippen LogP contribution >= 0.6 is 0 Å². The Morgan fingerprint density at radius 3 is 2.34 bits per heavy atom. The number of rotatable bonds is 5. The summed E-state index contributed by atoms with van der Waals surface area (Å²) < 4.78 is 46.7. The molecule has 4 rings (SSSR count). The predicted octanol–water partition coefficient (Wildman–Crippen LogP) is 5.72. The molecular formula is C22H16F3N5O2. The van der Waals surface area contributed by atoms with Gasteiger partial charge < -0.3 is 19.9 Å². The summed E-state index contributed by atoms with van der Waals surface area (Å²) >= 11 is 0. The van der Waals surface area contributed by atoms with E-state index in [-0.39, 0.29) is 5.69 Å². The largest absolute Gasteiger partial charge is 0.439 e. The Morgan fingerprint density at radius 1 is 0.906 bits per heavy atom. The highest BCUT2D eigenvalue weighted by molar-refractivity contribution is 6.00. The molecule has 0 saturated heterocycles. The van der Waals surface area contributed by atoms with Crippen molar-refractivity contribution in [3.05, 3.63) is 91.0 Å². The van der Waals surface area contributed by atoms with Crippen LogP contribution in [0.25, 0.3) is 5.82 Å². The van der Waals surface area contributed by atoms with Gasteiger partial charge in [-0.05, 0) is 48.5 Å². The van der Waals surface area contributed by atoms with E-state index in [1.165, 1.54) is 24.5 Å². The highest BCUT2D eigenvalue weighted by atomic mass is 19.4. The summed E-state index contributed by atoms with van der Waals surface area (Å²) in [5.41, 5.74) is -0.891. The van der Waals surface area contributed by atoms with Gasteiger partial charge in [-0.3, -0.25) is 0 Å². The van der Waals surface area contributed by atoms with Crippen LogP contribution in [0.1, 0.15) is 5.56 Å². The quantitative estimate of drug-likeness (QED) is 0.417. The number of benzene rings is 2. The van der Waals surface area contributed by atoms with Crippen LogP contribution in [0, 0.1) is 0 Å². The fourth-order valence-corrected chi connectivity index (χ4v) is 2.87. The zero-order valence-electron chi connectivity index (χ0n) is 16.4. The first-order valence-corrected chi connectivity index (χ1v) is 9.36. The average molecular weight is 439 g/mol. The smallest absolute Gasteiger partial charge is 0.418 e. The number of halogens is 3. The first-order valence-electron chi connectivity index (χ1n) is 9.36. The second-order valence-electron chi connectivity index (χ2n) is 6.55. The number of alkyl halides is 3. The maximum atomic E-state index is 13.1. The number of urea groups is 1. The standard InChI is InChI=1S/C22H16F3N5O2/c23-22(24,25)17-5-1-2-6-18(17)29-21(31)28-15-7-9-16(10-8-15)32-20-13-19(26-14-27-20)30-11-3-4-12-30/h1-14H,(H2,28,29,31). The Balaban J connectivity index is 1.40. The molecule has 0 spiro atoms. The number of amides is 2. The first kappa shape index (κ1) is 20.9. The monoisotopic (exact) mass is 439 g/mol. The molecule has 2 aromatic carbocycles. The van der Waals surface area contributed by atoms with Crippen molar-refractivity contribution in [3.8, 4) is 17.4 Å². The summed E-state index contributed by atoms with van der Waals surface area (Å²) in [6, 6.07) is 15.6. The molecule has 0 aliphatic carbocycles. The Bertz CT molecular complexity index is 1210. The van der Waals surface area contributed by atoms with E-state index in [0.29, 0.717) is 23.1 Å². The van der Waals surface area contributed by atoms with E-state index in [4.69, 9.17) is 4.74 Å². The second-order valence-corrected chi connectivity index (χ2v) is 6.55. The number of hydrogen-bond donors (Lipinski definition) is 2. The molecule has 0 aliphatic rings. The summed E-state index contributed by atoms with van der Waals surface area (Å²) in [5.74, 6) is 1.41. The number of carbonyl (C=O) groups excluding carboxylic acids is 1. The summed E-state index contributed by atoms with van der Waals surface area (Å²) in [5, 5.41) is 4.70. The lowest BCUT2D eigenvalue weighted by molar-refractivity contribution is -0.136. The fraction of sp³-hybridized carbons (Fsp3) is 0.0455. The maximum absolute atomic E-state index is 13.1. The number of anilines is 2. The lowest BCUT2D eigenvalue weighted by atomic mass is 10.1. The van der Waals surface area contributed by atoms with Gasteiger partial charge in [0, 0.05) is 24.1 Å². The molecule has 2 amide bonds. The molecule has 7 nitrogen and oxygen atoms in total. The van der Waals surface area contributed by atoms with Crippen LogP contribution in [0.15, 0.2) is 85.5 Å². The molecule has 2 aromatic heterocycles. The predicted molar refractivity (Wildman–Crippen MR) is 112 cm³/mol. The normalized spacial score (nSPS) is 11.1. The van der Waals surface area contributed by atoms with Gasteiger partial charge in [-0.2, -0.15) is 13.2 Å². The maximum Gasteiger partial charge on any atom is 0.418 e. The third kappa shape index (κ3) is 5.04. The molecule has 2 heterocycles. The Labute approximate surface area is 180 Å². The van der Waals surface area contributed by atoms with E-state index >= 15 is 0 Å². The summed E-state index contributed by atoms with van der Waals surface area (Å²) in [6.07, 6.45) is 0.476. The van der Waals surface area contributed by atoms with E-state index < -0.39 is 17.8 Å². The second kappa shape index (κ2) is 8.80. The Hall–Kier alpha value is -4.34. The topological polar surface area (TPSA) is 81.1 Å². The van der Waals surface area contributed by atoms with Crippen molar-refractivity contribution in [2.75, 3.05) is 10.6 Å². The molecule has 0 saturated carbocycles. The highest BCUT2D eigenvalue weighted by Crippen LogP contribution is 2.34. The van der Waals surface area contributed by atoms with Gasteiger partial charge in [-0.1, -0.05) is 12.1 Å². The number of para-hydroxylation sites is 1. The third-order valence-electron chi connectivity index (χ3n) is 4.31. The lowest BCUT2D eigenvalue weighted by Crippen LogP contribution is -2.21. The molecule has 0 unspecified atom stereocenters. The molecule has 4 aromatic rings. The minimum Gasteiger partial charge on any atom is -0.439 e. The molecule has 0 fully saturated rings.